The van der Waals surface area contributed by atoms with E-state index in [0.29, 0.717) is 22.2 Å². The number of hydrogen-bond acceptors (Lipinski definition) is 5. The van der Waals surface area contributed by atoms with Gasteiger partial charge in [0.2, 0.25) is 11.6 Å². The number of halogens is 1. The molecule has 0 unspecified atom stereocenters. The van der Waals surface area contributed by atoms with Gasteiger partial charge in [0.05, 0.1) is 5.69 Å². The van der Waals surface area contributed by atoms with Crippen LogP contribution in [0.3, 0.4) is 0 Å². The van der Waals surface area contributed by atoms with Crippen molar-refractivity contribution in [2.24, 2.45) is 5.73 Å². The van der Waals surface area contributed by atoms with Crippen molar-refractivity contribution in [2.45, 2.75) is 12.6 Å². The number of nitriles is 1. The van der Waals surface area contributed by atoms with Crippen molar-refractivity contribution in [1.82, 2.24) is 0 Å². The van der Waals surface area contributed by atoms with E-state index >= 15 is 0 Å². The van der Waals surface area contributed by atoms with Gasteiger partial charge in [-0.05, 0) is 25.1 Å². The summed E-state index contributed by atoms with van der Waals surface area (Å²) in [4.78, 5) is 0. The fraction of sp³-hybridized carbons (Fsp3) is 0.154. The second-order valence-corrected chi connectivity index (χ2v) is 4.75. The maximum absolute atomic E-state index is 9.26. The van der Waals surface area contributed by atoms with Crippen LogP contribution >= 0.6 is 11.6 Å². The monoisotopic (exact) mass is 275 g/mol. The van der Waals surface area contributed by atoms with Crippen LogP contribution in [-0.2, 0) is 4.74 Å². The number of benzene rings is 1. The number of nitrogens with two attached hydrogens (primary N) is 1. The summed E-state index contributed by atoms with van der Waals surface area (Å²) < 4.78 is 11.1. The molecule has 0 radical (unpaired) electrons. The van der Waals surface area contributed by atoms with E-state index in [-0.39, 0.29) is 11.5 Å². The summed E-state index contributed by atoms with van der Waals surface area (Å²) in [6.07, 6.45) is 1.68. The molecule has 1 aromatic carbocycles. The first-order valence-corrected chi connectivity index (χ1v) is 5.96. The number of allylic oxidation sites excluding steroid dienone is 1. The average molecular weight is 276 g/mol. The van der Waals surface area contributed by atoms with Crippen molar-refractivity contribution in [1.29, 1.82) is 5.26 Å². The summed E-state index contributed by atoms with van der Waals surface area (Å²) in [5, 5.41) is 13.0. The third kappa shape index (κ3) is 1.69. The topological polar surface area (TPSA) is 80.3 Å². The highest BCUT2D eigenvalue weighted by Gasteiger charge is 2.45. The first kappa shape index (κ1) is 11.8. The Balaban J connectivity index is 2.12. The van der Waals surface area contributed by atoms with Gasteiger partial charge < -0.3 is 20.5 Å². The number of hydrogen-bond donors (Lipinski definition) is 2. The van der Waals surface area contributed by atoms with Gasteiger partial charge in [-0.25, -0.2) is 0 Å². The van der Waals surface area contributed by atoms with Crippen LogP contribution in [0.1, 0.15) is 6.92 Å². The van der Waals surface area contributed by atoms with E-state index in [4.69, 9.17) is 26.8 Å². The van der Waals surface area contributed by atoms with Crippen LogP contribution in [-0.4, -0.2) is 5.72 Å². The van der Waals surface area contributed by atoms with Crippen LogP contribution < -0.4 is 15.8 Å². The Morgan fingerprint density at radius 1 is 1.47 bits per heavy atom. The molecule has 0 saturated heterocycles. The molecule has 0 fully saturated rings. The van der Waals surface area contributed by atoms with E-state index in [1.165, 1.54) is 0 Å². The number of anilines is 1. The lowest BCUT2D eigenvalue weighted by atomic mass is 10.0. The Morgan fingerprint density at radius 3 is 3.00 bits per heavy atom. The van der Waals surface area contributed by atoms with E-state index in [0.717, 1.165) is 0 Å². The van der Waals surface area contributed by atoms with E-state index in [1.54, 1.807) is 31.2 Å². The molecule has 96 valence electrons. The molecule has 0 aliphatic carbocycles. The second-order valence-electron chi connectivity index (χ2n) is 4.31. The third-order valence-corrected chi connectivity index (χ3v) is 3.18. The summed E-state index contributed by atoms with van der Waals surface area (Å²) in [7, 11) is 0. The predicted octanol–water partition coefficient (Wildman–Crippen LogP) is 2.47. The first-order chi connectivity index (χ1) is 9.04. The fourth-order valence-corrected chi connectivity index (χ4v) is 2.37. The molecule has 0 aromatic heterocycles. The van der Waals surface area contributed by atoms with Crippen LogP contribution in [0.2, 0.25) is 5.02 Å². The van der Waals surface area contributed by atoms with Gasteiger partial charge in [-0.1, -0.05) is 11.6 Å². The zero-order chi connectivity index (χ0) is 13.6. The molecular weight excluding hydrogens is 266 g/mol. The molecule has 0 amide bonds. The summed E-state index contributed by atoms with van der Waals surface area (Å²) in [6, 6.07) is 7.21. The highest BCUT2D eigenvalue weighted by Crippen LogP contribution is 2.44. The minimum Gasteiger partial charge on any atom is -0.457 e. The van der Waals surface area contributed by atoms with Gasteiger partial charge >= 0.3 is 0 Å². The van der Waals surface area contributed by atoms with Crippen LogP contribution in [0.4, 0.5) is 5.69 Å². The van der Waals surface area contributed by atoms with Gasteiger partial charge in [0.15, 0.2) is 5.57 Å². The Kier molecular flexibility index (Phi) is 2.37. The molecule has 0 saturated carbocycles. The van der Waals surface area contributed by atoms with Gasteiger partial charge in [0.1, 0.15) is 17.6 Å². The molecule has 2 heterocycles. The molecule has 1 aromatic rings. The molecule has 2 aliphatic rings. The smallest absolute Gasteiger partial charge is 0.245 e. The van der Waals surface area contributed by atoms with Crippen molar-refractivity contribution in [3.8, 4) is 11.8 Å². The van der Waals surface area contributed by atoms with Crippen molar-refractivity contribution in [2.75, 3.05) is 5.32 Å². The molecule has 6 heteroatoms. The molecule has 19 heavy (non-hydrogen) atoms. The zero-order valence-corrected chi connectivity index (χ0v) is 10.8. The van der Waals surface area contributed by atoms with E-state index < -0.39 is 5.72 Å². The molecule has 2 aliphatic heterocycles. The minimum atomic E-state index is -1.12. The number of nitrogens with zero attached hydrogens (tertiary/aromatic N) is 1. The third-order valence-electron chi connectivity index (χ3n) is 2.94. The lowest BCUT2D eigenvalue weighted by molar-refractivity contribution is 0.175. The van der Waals surface area contributed by atoms with Crippen molar-refractivity contribution < 1.29 is 9.47 Å². The van der Waals surface area contributed by atoms with Crippen LogP contribution in [0, 0.1) is 11.3 Å². The van der Waals surface area contributed by atoms with Gasteiger partial charge in [0.25, 0.3) is 0 Å². The van der Waals surface area contributed by atoms with Crippen LogP contribution in [0.5, 0.6) is 5.75 Å². The molecule has 3 N–H and O–H groups in total. The lowest BCUT2D eigenvalue weighted by Gasteiger charge is -2.30. The Hall–Kier alpha value is -2.32. The molecule has 1 atom stereocenters. The number of rotatable bonds is 0. The Labute approximate surface area is 114 Å². The molecular formula is C13H10ClN3O2. The SMILES string of the molecule is CC1=C[C@@]2(Nc3cc(Cl)ccc3O2)C(C#N)=C(N)O1. The lowest BCUT2D eigenvalue weighted by Crippen LogP contribution is -2.44. The maximum atomic E-state index is 9.26. The fourth-order valence-electron chi connectivity index (χ4n) is 2.20. The quantitative estimate of drug-likeness (QED) is 0.760. The molecule has 1 spiro atoms. The van der Waals surface area contributed by atoms with Gasteiger partial charge in [0, 0.05) is 11.1 Å². The number of nitrogens with one attached hydrogen (secondary N) is 1. The van der Waals surface area contributed by atoms with Crippen molar-refractivity contribution in [3.05, 3.63) is 46.5 Å². The van der Waals surface area contributed by atoms with Gasteiger partial charge in [-0.3, -0.25) is 0 Å². The Morgan fingerprint density at radius 2 is 2.26 bits per heavy atom. The number of fused-ring (bicyclic) bond motifs is 1. The van der Waals surface area contributed by atoms with E-state index in [2.05, 4.69) is 5.32 Å². The minimum absolute atomic E-state index is 0.0360. The summed E-state index contributed by atoms with van der Waals surface area (Å²) in [5.74, 6) is 1.20. The van der Waals surface area contributed by atoms with Gasteiger partial charge in [-0.15, -0.1) is 0 Å². The molecule has 3 rings (SSSR count). The average Bonchev–Trinajstić information content (AvgIpc) is 2.65. The van der Waals surface area contributed by atoms with Gasteiger partial charge in [-0.2, -0.15) is 5.26 Å². The molecule has 0 bridgehead atoms. The highest BCUT2D eigenvalue weighted by atomic mass is 35.5. The number of ether oxygens (including phenoxy) is 2. The zero-order valence-electron chi connectivity index (χ0n) is 10.0. The van der Waals surface area contributed by atoms with Crippen molar-refractivity contribution in [3.63, 3.8) is 0 Å². The Bertz CT molecular complexity index is 675. The summed E-state index contributed by atoms with van der Waals surface area (Å²) >= 11 is 5.94. The first-order valence-electron chi connectivity index (χ1n) is 5.58. The normalized spacial score (nSPS) is 23.9. The van der Waals surface area contributed by atoms with E-state index in [1.807, 2.05) is 6.07 Å². The maximum Gasteiger partial charge on any atom is 0.245 e. The largest absolute Gasteiger partial charge is 0.457 e. The standard InChI is InChI=1S/C13H10ClN3O2/c1-7-5-13(9(6-15)12(16)18-7)17-10-4-8(14)2-3-11(10)19-13/h2-5,17H,16H2,1H3/t13-/m0/s1. The summed E-state index contributed by atoms with van der Waals surface area (Å²) in [5.41, 5.74) is 5.52. The predicted molar refractivity (Wildman–Crippen MR) is 70.1 cm³/mol. The summed E-state index contributed by atoms with van der Waals surface area (Å²) in [6.45, 7) is 1.74. The van der Waals surface area contributed by atoms with Crippen LogP contribution in [0.25, 0.3) is 0 Å². The highest BCUT2D eigenvalue weighted by molar-refractivity contribution is 6.31. The van der Waals surface area contributed by atoms with E-state index in [9.17, 15) is 5.26 Å². The van der Waals surface area contributed by atoms with Crippen LogP contribution in [0.15, 0.2) is 41.5 Å². The molecule has 5 nitrogen and oxygen atoms in total. The second kappa shape index (κ2) is 3.84. The van der Waals surface area contributed by atoms with Crippen molar-refractivity contribution >= 4 is 17.3 Å².